The number of cyclic esters (lactones) is 2. The SMILES string of the molecule is COc1ccnc(C[N+](=O)C2COC(=O)C(Cc3ccncc3)C(OC(=O)C(C)C)C(C)OC2=O)c1O. The van der Waals surface area contributed by atoms with Gasteiger partial charge in [-0.3, -0.25) is 19.6 Å². The Balaban J connectivity index is 1.88. The smallest absolute Gasteiger partial charge is 0.384 e. The molecule has 1 saturated heterocycles. The van der Waals surface area contributed by atoms with Crippen LogP contribution < -0.4 is 4.74 Å². The van der Waals surface area contributed by atoms with Gasteiger partial charge in [0.15, 0.2) is 29.9 Å². The van der Waals surface area contributed by atoms with Crippen molar-refractivity contribution in [3.63, 3.8) is 0 Å². The number of nitrogens with zero attached hydrogens (tertiary/aromatic N) is 3. The van der Waals surface area contributed by atoms with Crippen molar-refractivity contribution >= 4 is 17.9 Å². The van der Waals surface area contributed by atoms with Crippen LogP contribution in [0, 0.1) is 16.7 Å². The molecule has 0 bridgehead atoms. The van der Waals surface area contributed by atoms with E-state index in [2.05, 4.69) is 9.97 Å². The Morgan fingerprint density at radius 1 is 1.19 bits per heavy atom. The predicted molar refractivity (Wildman–Crippen MR) is 126 cm³/mol. The molecule has 0 aliphatic carbocycles. The summed E-state index contributed by atoms with van der Waals surface area (Å²) in [7, 11) is 1.34. The van der Waals surface area contributed by atoms with Crippen molar-refractivity contribution < 1.29 is 43.2 Å². The van der Waals surface area contributed by atoms with Crippen molar-refractivity contribution in [3.8, 4) is 11.5 Å². The van der Waals surface area contributed by atoms with Crippen LogP contribution in [0.15, 0.2) is 36.8 Å². The van der Waals surface area contributed by atoms with Crippen molar-refractivity contribution in [2.75, 3.05) is 13.7 Å². The molecule has 37 heavy (non-hydrogen) atoms. The monoisotopic (exact) mass is 516 g/mol. The lowest BCUT2D eigenvalue weighted by atomic mass is 9.91. The van der Waals surface area contributed by atoms with Gasteiger partial charge in [-0.25, -0.2) is 4.79 Å². The molecular weight excluding hydrogens is 486 g/mol. The number of rotatable bonds is 8. The maximum absolute atomic E-state index is 13.2. The van der Waals surface area contributed by atoms with Gasteiger partial charge in [-0.05, 0) is 31.0 Å². The molecule has 4 unspecified atom stereocenters. The molecule has 2 aromatic heterocycles. The van der Waals surface area contributed by atoms with E-state index in [1.54, 1.807) is 38.4 Å². The first-order valence-electron chi connectivity index (χ1n) is 11.7. The minimum absolute atomic E-state index is 0.0410. The topological polar surface area (TPSA) is 154 Å². The van der Waals surface area contributed by atoms with Gasteiger partial charge < -0.3 is 24.1 Å². The zero-order chi connectivity index (χ0) is 27.1. The van der Waals surface area contributed by atoms with Crippen LogP contribution in [-0.2, 0) is 41.6 Å². The highest BCUT2D eigenvalue weighted by molar-refractivity contribution is 5.79. The van der Waals surface area contributed by atoms with Crippen LogP contribution in [0.25, 0.3) is 0 Å². The predicted octanol–water partition coefficient (Wildman–Crippen LogP) is 1.75. The fourth-order valence-electron chi connectivity index (χ4n) is 3.76. The molecule has 4 atom stereocenters. The zero-order valence-electron chi connectivity index (χ0n) is 21.0. The Bertz CT molecular complexity index is 1140. The largest absolute Gasteiger partial charge is 0.503 e. The molecule has 3 heterocycles. The third-order valence-electron chi connectivity index (χ3n) is 5.88. The lowest BCUT2D eigenvalue weighted by molar-refractivity contribution is -0.592. The Kier molecular flexibility index (Phi) is 9.10. The highest BCUT2D eigenvalue weighted by Gasteiger charge is 2.46. The van der Waals surface area contributed by atoms with Gasteiger partial charge >= 0.3 is 23.9 Å². The van der Waals surface area contributed by atoms with E-state index in [0.717, 1.165) is 5.56 Å². The summed E-state index contributed by atoms with van der Waals surface area (Å²) in [6.45, 7) is 3.63. The van der Waals surface area contributed by atoms with E-state index in [4.69, 9.17) is 18.9 Å². The zero-order valence-corrected chi connectivity index (χ0v) is 21.0. The van der Waals surface area contributed by atoms with Crippen molar-refractivity contribution in [1.82, 2.24) is 9.97 Å². The van der Waals surface area contributed by atoms with Crippen LogP contribution >= 0.6 is 0 Å². The van der Waals surface area contributed by atoms with Crippen molar-refractivity contribution in [2.24, 2.45) is 11.8 Å². The Labute approximate surface area is 213 Å². The van der Waals surface area contributed by atoms with Gasteiger partial charge in [-0.2, -0.15) is 0 Å². The molecule has 3 rings (SSSR count). The second-order valence-electron chi connectivity index (χ2n) is 8.89. The molecule has 12 nitrogen and oxygen atoms in total. The third-order valence-corrected chi connectivity index (χ3v) is 5.88. The lowest BCUT2D eigenvalue weighted by Crippen LogP contribution is -2.44. The van der Waals surface area contributed by atoms with E-state index in [-0.39, 0.29) is 23.6 Å². The van der Waals surface area contributed by atoms with Gasteiger partial charge in [0, 0.05) is 34.3 Å². The van der Waals surface area contributed by atoms with Crippen molar-refractivity contribution in [2.45, 2.75) is 52.0 Å². The first-order chi connectivity index (χ1) is 17.6. The molecule has 1 fully saturated rings. The van der Waals surface area contributed by atoms with Crippen LogP contribution in [0.5, 0.6) is 11.5 Å². The van der Waals surface area contributed by atoms with Crippen molar-refractivity contribution in [1.29, 1.82) is 0 Å². The molecule has 0 amide bonds. The van der Waals surface area contributed by atoms with Crippen LogP contribution in [0.2, 0.25) is 0 Å². The second kappa shape index (κ2) is 12.2. The maximum atomic E-state index is 13.2. The quantitative estimate of drug-likeness (QED) is 0.310. The molecule has 12 heteroatoms. The maximum Gasteiger partial charge on any atom is 0.384 e. The number of aromatic hydroxyl groups is 1. The molecule has 0 aromatic carbocycles. The molecule has 2 aromatic rings. The molecule has 0 radical (unpaired) electrons. The number of carbonyl (C=O) groups excluding carboxylic acids is 3. The Morgan fingerprint density at radius 3 is 2.54 bits per heavy atom. The lowest BCUT2D eigenvalue weighted by Gasteiger charge is -2.29. The van der Waals surface area contributed by atoms with Gasteiger partial charge in [0.2, 0.25) is 6.54 Å². The molecule has 0 spiro atoms. The fourth-order valence-corrected chi connectivity index (χ4v) is 3.76. The number of hydrogen-bond donors (Lipinski definition) is 1. The first kappa shape index (κ1) is 27.5. The van der Waals surface area contributed by atoms with Gasteiger partial charge in [0.25, 0.3) is 0 Å². The number of hydrogen-bond acceptors (Lipinski definition) is 11. The van der Waals surface area contributed by atoms with Crippen LogP contribution in [0.1, 0.15) is 32.0 Å². The van der Waals surface area contributed by atoms with Gasteiger partial charge in [-0.1, -0.05) is 13.8 Å². The van der Waals surface area contributed by atoms with E-state index in [9.17, 15) is 24.4 Å². The minimum Gasteiger partial charge on any atom is -0.503 e. The summed E-state index contributed by atoms with van der Waals surface area (Å²) >= 11 is 0. The Hall–Kier alpha value is -4.09. The van der Waals surface area contributed by atoms with Gasteiger partial charge in [0.1, 0.15) is 12.0 Å². The molecule has 1 aliphatic heterocycles. The van der Waals surface area contributed by atoms with E-state index >= 15 is 0 Å². The van der Waals surface area contributed by atoms with Crippen LogP contribution in [-0.4, -0.2) is 69.7 Å². The Morgan fingerprint density at radius 2 is 1.89 bits per heavy atom. The van der Waals surface area contributed by atoms with E-state index < -0.39 is 61.1 Å². The van der Waals surface area contributed by atoms with Crippen molar-refractivity contribution in [3.05, 3.63) is 53.0 Å². The summed E-state index contributed by atoms with van der Waals surface area (Å²) in [4.78, 5) is 59.6. The number of esters is 3. The number of carbonyl (C=O) groups is 3. The molecule has 1 aliphatic rings. The van der Waals surface area contributed by atoms with E-state index in [1.807, 2.05) is 0 Å². The van der Waals surface area contributed by atoms with E-state index in [0.29, 0.717) is 4.76 Å². The van der Waals surface area contributed by atoms with Gasteiger partial charge in [-0.15, -0.1) is 0 Å². The van der Waals surface area contributed by atoms with E-state index in [1.165, 1.54) is 26.3 Å². The highest BCUT2D eigenvalue weighted by Crippen LogP contribution is 2.29. The third kappa shape index (κ3) is 6.78. The molecular formula is C25H30N3O9+. The summed E-state index contributed by atoms with van der Waals surface area (Å²) in [6.07, 6.45) is 2.33. The van der Waals surface area contributed by atoms with Crippen LogP contribution in [0.4, 0.5) is 0 Å². The summed E-state index contributed by atoms with van der Waals surface area (Å²) in [6, 6.07) is 3.26. The average Bonchev–Trinajstić information content (AvgIpc) is 2.90. The number of pyridine rings is 2. The minimum atomic E-state index is -1.56. The summed E-state index contributed by atoms with van der Waals surface area (Å²) in [5, 5.41) is 10.3. The average molecular weight is 517 g/mol. The molecule has 198 valence electrons. The van der Waals surface area contributed by atoms with Crippen LogP contribution in [0.3, 0.4) is 0 Å². The fraction of sp³-hybridized carbons (Fsp3) is 0.480. The summed E-state index contributed by atoms with van der Waals surface area (Å²) in [5.74, 6) is -4.09. The molecule has 1 N–H and O–H groups in total. The number of nitroso groups, excluding NO2 is 1. The normalized spacial score (nSPS) is 22.2. The number of aromatic nitrogens is 2. The first-order valence-corrected chi connectivity index (χ1v) is 11.7. The molecule has 0 saturated carbocycles. The highest BCUT2D eigenvalue weighted by atomic mass is 16.6. The summed E-state index contributed by atoms with van der Waals surface area (Å²) < 4.78 is 21.8. The second-order valence-corrected chi connectivity index (χ2v) is 8.89. The summed E-state index contributed by atoms with van der Waals surface area (Å²) in [5.41, 5.74) is 0.683. The number of methoxy groups -OCH3 is 1. The number of ether oxygens (including phenoxy) is 4. The van der Waals surface area contributed by atoms with Gasteiger partial charge in [0.05, 0.1) is 13.0 Å². The standard InChI is InChI=1S/C25H29N3O9/c1-14(2)23(30)37-22-15(3)36-25(32)19(28(33)12-18-21(29)20(34-4)7-10-27-18)13-35-24(31)17(22)11-16-5-8-26-9-6-16/h5-10,14-15,17,19,22H,11-13H2,1-4H3/p+1.